The van der Waals surface area contributed by atoms with Gasteiger partial charge in [-0.2, -0.15) is 0 Å². The first kappa shape index (κ1) is 28.6. The molecule has 3 N–H and O–H groups in total. The van der Waals surface area contributed by atoms with Crippen molar-refractivity contribution in [2.24, 2.45) is 5.73 Å². The van der Waals surface area contributed by atoms with Crippen molar-refractivity contribution in [2.45, 2.75) is 136 Å². The molecule has 0 saturated carbocycles. The zero-order chi connectivity index (χ0) is 22.9. The fourth-order valence-electron chi connectivity index (χ4n) is 3.61. The molecule has 0 spiro atoms. The van der Waals surface area contributed by atoms with Gasteiger partial charge in [-0.1, -0.05) is 72.1 Å². The first-order valence-corrected chi connectivity index (χ1v) is 12.2. The van der Waals surface area contributed by atoms with E-state index in [4.69, 9.17) is 5.73 Å². The van der Waals surface area contributed by atoms with Gasteiger partial charge in [0.15, 0.2) is 0 Å². The van der Waals surface area contributed by atoms with Crippen LogP contribution < -0.4 is 11.1 Å². The van der Waals surface area contributed by atoms with Gasteiger partial charge in [0.2, 0.25) is 17.7 Å². The van der Waals surface area contributed by atoms with Gasteiger partial charge < -0.3 is 10.6 Å². The minimum Gasteiger partial charge on any atom is -0.336 e. The second-order valence-corrected chi connectivity index (χ2v) is 8.62. The summed E-state index contributed by atoms with van der Waals surface area (Å²) < 4.78 is 0. The van der Waals surface area contributed by atoms with Crippen molar-refractivity contribution >= 4 is 17.7 Å². The first-order chi connectivity index (χ1) is 14.3. The number of unbranched alkanes of at least 4 members (excludes halogenated alkanes) is 8. The molecule has 0 fully saturated rings. The minimum absolute atomic E-state index is 0.0647. The second kappa shape index (κ2) is 17.3. The Kier molecular flexibility index (Phi) is 16.4. The Morgan fingerprint density at radius 2 is 1.23 bits per heavy atom. The zero-order valence-corrected chi connectivity index (χ0v) is 20.2. The number of imide groups is 1. The monoisotopic (exact) mass is 425 g/mol. The molecule has 0 saturated heterocycles. The average Bonchev–Trinajstić information content (AvgIpc) is 2.71. The molecular weight excluding hydrogens is 378 g/mol. The molecule has 3 atom stereocenters. The predicted octanol–water partition coefficient (Wildman–Crippen LogP) is 4.69. The fourth-order valence-corrected chi connectivity index (χ4v) is 3.61. The Labute approximate surface area is 184 Å². The van der Waals surface area contributed by atoms with Gasteiger partial charge in [0.25, 0.3) is 0 Å². The van der Waals surface area contributed by atoms with E-state index >= 15 is 0 Å². The summed E-state index contributed by atoms with van der Waals surface area (Å²) >= 11 is 0. The molecule has 0 aliphatic heterocycles. The van der Waals surface area contributed by atoms with Crippen LogP contribution in [0.2, 0.25) is 0 Å². The Hall–Kier alpha value is -1.43. The van der Waals surface area contributed by atoms with Crippen molar-refractivity contribution in [3.63, 3.8) is 0 Å². The summed E-state index contributed by atoms with van der Waals surface area (Å²) in [5.41, 5.74) is 6.01. The maximum Gasteiger partial charge on any atom is 0.240 e. The molecule has 0 bridgehead atoms. The predicted molar refractivity (Wildman–Crippen MR) is 124 cm³/mol. The van der Waals surface area contributed by atoms with Crippen LogP contribution in [0.25, 0.3) is 0 Å². The molecule has 6 heteroatoms. The number of nitrogens with zero attached hydrogens (tertiary/aromatic N) is 1. The molecule has 0 rings (SSSR count). The van der Waals surface area contributed by atoms with Crippen LogP contribution in [0.3, 0.4) is 0 Å². The number of hydrogen-bond acceptors (Lipinski definition) is 4. The van der Waals surface area contributed by atoms with Crippen molar-refractivity contribution in [1.82, 2.24) is 10.2 Å². The highest BCUT2D eigenvalue weighted by atomic mass is 16.2. The Balaban J connectivity index is 4.17. The third kappa shape index (κ3) is 12.3. The van der Waals surface area contributed by atoms with Crippen molar-refractivity contribution in [1.29, 1.82) is 0 Å². The van der Waals surface area contributed by atoms with E-state index in [2.05, 4.69) is 12.2 Å². The summed E-state index contributed by atoms with van der Waals surface area (Å²) in [6.07, 6.45) is 12.4. The smallest absolute Gasteiger partial charge is 0.240 e. The number of hydrogen-bond donors (Lipinski definition) is 2. The summed E-state index contributed by atoms with van der Waals surface area (Å²) in [4.78, 5) is 38.7. The molecule has 0 aromatic heterocycles. The van der Waals surface area contributed by atoms with E-state index in [9.17, 15) is 14.4 Å². The third-order valence-corrected chi connectivity index (χ3v) is 5.89. The standard InChI is InChI=1S/C24H47N3O3/c1-6-9-10-11-12-13-14-15-16-17-22(28)26-23(29)18-21(25)24(30)27(19(4)7-2)20(5)8-3/h19-21H,6-18,25H2,1-5H3,(H,26,28,29). The maximum absolute atomic E-state index is 12.8. The van der Waals surface area contributed by atoms with Crippen molar-refractivity contribution in [2.75, 3.05) is 0 Å². The lowest BCUT2D eigenvalue weighted by molar-refractivity contribution is -0.140. The van der Waals surface area contributed by atoms with E-state index in [0.717, 1.165) is 32.1 Å². The van der Waals surface area contributed by atoms with Gasteiger partial charge in [-0.3, -0.25) is 19.7 Å². The summed E-state index contributed by atoms with van der Waals surface area (Å²) in [6.45, 7) is 10.3. The summed E-state index contributed by atoms with van der Waals surface area (Å²) in [5.74, 6) is -0.964. The van der Waals surface area contributed by atoms with Crippen LogP contribution in [0.4, 0.5) is 0 Å². The minimum atomic E-state index is -0.923. The Bertz CT molecular complexity index is 486. The molecule has 3 unspecified atom stereocenters. The number of amides is 3. The van der Waals surface area contributed by atoms with Gasteiger partial charge in [-0.05, 0) is 33.1 Å². The molecule has 0 aromatic rings. The van der Waals surface area contributed by atoms with Crippen molar-refractivity contribution < 1.29 is 14.4 Å². The van der Waals surface area contributed by atoms with Gasteiger partial charge in [-0.15, -0.1) is 0 Å². The van der Waals surface area contributed by atoms with E-state index in [1.807, 2.05) is 27.7 Å². The van der Waals surface area contributed by atoms with Crippen LogP contribution in [0.1, 0.15) is 118 Å². The number of carbonyl (C=O) groups excluding carboxylic acids is 3. The topological polar surface area (TPSA) is 92.5 Å². The molecule has 176 valence electrons. The molecular formula is C24H47N3O3. The second-order valence-electron chi connectivity index (χ2n) is 8.62. The maximum atomic E-state index is 12.8. The van der Waals surface area contributed by atoms with Crippen molar-refractivity contribution in [3.05, 3.63) is 0 Å². The van der Waals surface area contributed by atoms with Crippen LogP contribution in [0.15, 0.2) is 0 Å². The van der Waals surface area contributed by atoms with E-state index < -0.39 is 11.9 Å². The van der Waals surface area contributed by atoms with Gasteiger partial charge in [0.1, 0.15) is 0 Å². The largest absolute Gasteiger partial charge is 0.336 e. The fraction of sp³-hybridized carbons (Fsp3) is 0.875. The number of nitrogens with one attached hydrogen (secondary N) is 1. The van der Waals surface area contributed by atoms with E-state index in [-0.39, 0.29) is 30.3 Å². The van der Waals surface area contributed by atoms with Gasteiger partial charge in [0, 0.05) is 18.5 Å². The highest BCUT2D eigenvalue weighted by Crippen LogP contribution is 2.14. The zero-order valence-electron chi connectivity index (χ0n) is 20.2. The van der Waals surface area contributed by atoms with Crippen LogP contribution in [-0.4, -0.2) is 40.7 Å². The van der Waals surface area contributed by atoms with Crippen LogP contribution in [0, 0.1) is 0 Å². The Morgan fingerprint density at radius 3 is 1.70 bits per heavy atom. The molecule has 6 nitrogen and oxygen atoms in total. The van der Waals surface area contributed by atoms with Crippen LogP contribution >= 0.6 is 0 Å². The molecule has 0 aromatic carbocycles. The molecule has 0 aliphatic carbocycles. The van der Waals surface area contributed by atoms with E-state index in [1.54, 1.807) is 4.90 Å². The van der Waals surface area contributed by atoms with E-state index in [0.29, 0.717) is 6.42 Å². The lowest BCUT2D eigenvalue weighted by Crippen LogP contribution is -2.52. The number of rotatable bonds is 17. The van der Waals surface area contributed by atoms with Gasteiger partial charge in [0.05, 0.1) is 12.5 Å². The SMILES string of the molecule is CCCCCCCCCCCC(=O)NC(=O)CC(N)C(=O)N(C(C)CC)C(C)CC. The Morgan fingerprint density at radius 1 is 0.767 bits per heavy atom. The number of nitrogens with two attached hydrogens (primary N) is 1. The highest BCUT2D eigenvalue weighted by molar-refractivity contribution is 5.97. The molecule has 0 heterocycles. The summed E-state index contributed by atoms with van der Waals surface area (Å²) in [5, 5.41) is 2.39. The molecule has 30 heavy (non-hydrogen) atoms. The van der Waals surface area contributed by atoms with E-state index in [1.165, 1.54) is 38.5 Å². The van der Waals surface area contributed by atoms with Crippen LogP contribution in [-0.2, 0) is 14.4 Å². The average molecular weight is 426 g/mol. The normalized spacial score (nSPS) is 14.1. The van der Waals surface area contributed by atoms with Crippen LogP contribution in [0.5, 0.6) is 0 Å². The van der Waals surface area contributed by atoms with Gasteiger partial charge in [-0.25, -0.2) is 0 Å². The molecule has 3 amide bonds. The molecule has 0 aliphatic rings. The highest BCUT2D eigenvalue weighted by Gasteiger charge is 2.29. The lowest BCUT2D eigenvalue weighted by atomic mass is 10.1. The summed E-state index contributed by atoms with van der Waals surface area (Å²) in [6, 6.07) is -0.793. The first-order valence-electron chi connectivity index (χ1n) is 12.2. The van der Waals surface area contributed by atoms with Crippen molar-refractivity contribution in [3.8, 4) is 0 Å². The van der Waals surface area contributed by atoms with Gasteiger partial charge >= 0.3 is 0 Å². The molecule has 0 radical (unpaired) electrons. The number of carbonyl (C=O) groups is 3. The lowest BCUT2D eigenvalue weighted by Gasteiger charge is -2.35. The third-order valence-electron chi connectivity index (χ3n) is 5.89. The quantitative estimate of drug-likeness (QED) is 0.331. The summed E-state index contributed by atoms with van der Waals surface area (Å²) in [7, 11) is 0.